The molecule has 3 aromatic rings. The lowest BCUT2D eigenvalue weighted by Crippen LogP contribution is -2.50. The van der Waals surface area contributed by atoms with Crippen molar-refractivity contribution in [2.24, 2.45) is 5.14 Å². The molecule has 5 nitrogen and oxygen atoms in total. The van der Waals surface area contributed by atoms with Crippen LogP contribution in [0, 0.1) is 5.82 Å². The summed E-state index contributed by atoms with van der Waals surface area (Å²) in [6.07, 6.45) is -6.58. The zero-order valence-corrected chi connectivity index (χ0v) is 16.2. The molecular weight excluding hydrogens is 474 g/mol. The van der Waals surface area contributed by atoms with Gasteiger partial charge in [0.15, 0.2) is 0 Å². The van der Waals surface area contributed by atoms with E-state index in [1.807, 2.05) is 0 Å². The van der Waals surface area contributed by atoms with Gasteiger partial charge in [0.1, 0.15) is 11.5 Å². The van der Waals surface area contributed by atoms with Crippen molar-refractivity contribution in [2.45, 2.75) is 22.9 Å². The van der Waals surface area contributed by atoms with Crippen LogP contribution in [0.3, 0.4) is 0 Å². The van der Waals surface area contributed by atoms with E-state index in [-0.39, 0.29) is 21.8 Å². The number of hydrogen-bond donors (Lipinski definition) is 1. The predicted molar refractivity (Wildman–Crippen MR) is 95.2 cm³/mol. The monoisotopic (exact) mass is 485 g/mol. The first-order valence-electron chi connectivity index (χ1n) is 8.38. The molecule has 0 aliphatic carbocycles. The standard InChI is InChI=1S/C18H11F8N3O2S/c19-11-3-1-10(2-4-11)14-9-15(16(20,21)17(22,23)18(24,25)26)28-29(14)12-5-7-13(8-6-12)32(27,30)31/h1-9H,(H2,27,30,31). The minimum atomic E-state index is -6.58. The van der Waals surface area contributed by atoms with Gasteiger partial charge in [-0.15, -0.1) is 0 Å². The number of hydrogen-bond acceptors (Lipinski definition) is 3. The Balaban J connectivity index is 2.22. The molecular formula is C18H11F8N3O2S. The van der Waals surface area contributed by atoms with Gasteiger partial charge in [-0.25, -0.2) is 22.6 Å². The summed E-state index contributed by atoms with van der Waals surface area (Å²) in [5.74, 6) is -12.9. The first-order chi connectivity index (χ1) is 14.6. The van der Waals surface area contributed by atoms with Gasteiger partial charge in [0.05, 0.1) is 16.3 Å². The lowest BCUT2D eigenvalue weighted by molar-refractivity contribution is -0.360. The van der Waals surface area contributed by atoms with E-state index in [0.717, 1.165) is 48.5 Å². The molecule has 0 unspecified atom stereocenters. The van der Waals surface area contributed by atoms with E-state index in [0.29, 0.717) is 10.7 Å². The van der Waals surface area contributed by atoms with Crippen molar-refractivity contribution in [3.05, 3.63) is 66.1 Å². The van der Waals surface area contributed by atoms with Gasteiger partial charge in [0, 0.05) is 5.56 Å². The van der Waals surface area contributed by atoms with Gasteiger partial charge >= 0.3 is 18.0 Å². The molecule has 0 bridgehead atoms. The highest BCUT2D eigenvalue weighted by atomic mass is 32.2. The molecule has 0 spiro atoms. The van der Waals surface area contributed by atoms with Crippen molar-refractivity contribution in [3.8, 4) is 16.9 Å². The highest BCUT2D eigenvalue weighted by Gasteiger charge is 2.74. The van der Waals surface area contributed by atoms with Gasteiger partial charge < -0.3 is 0 Å². The maximum absolute atomic E-state index is 14.2. The molecule has 2 N–H and O–H groups in total. The van der Waals surface area contributed by atoms with E-state index in [9.17, 15) is 43.5 Å². The second kappa shape index (κ2) is 7.55. The van der Waals surface area contributed by atoms with Crippen LogP contribution in [0.15, 0.2) is 59.5 Å². The number of benzene rings is 2. The van der Waals surface area contributed by atoms with E-state index < -0.39 is 39.6 Å². The fraction of sp³-hybridized carbons (Fsp3) is 0.167. The molecule has 1 aromatic heterocycles. The Bertz CT molecular complexity index is 1230. The molecule has 0 saturated carbocycles. The number of nitrogens with two attached hydrogens (primary N) is 1. The Labute approximate surface area is 175 Å². The SMILES string of the molecule is NS(=O)(=O)c1ccc(-n2nc(C(F)(F)C(F)(F)C(F)(F)F)cc2-c2ccc(F)cc2)cc1. The number of halogens is 8. The van der Waals surface area contributed by atoms with Crippen molar-refractivity contribution in [1.29, 1.82) is 0 Å². The minimum Gasteiger partial charge on any atom is -0.233 e. The van der Waals surface area contributed by atoms with Gasteiger partial charge in [0.25, 0.3) is 0 Å². The number of rotatable bonds is 5. The highest BCUT2D eigenvalue weighted by molar-refractivity contribution is 7.89. The zero-order valence-electron chi connectivity index (χ0n) is 15.4. The van der Waals surface area contributed by atoms with Crippen molar-refractivity contribution in [3.63, 3.8) is 0 Å². The Kier molecular flexibility index (Phi) is 5.58. The van der Waals surface area contributed by atoms with Gasteiger partial charge in [-0.3, -0.25) is 0 Å². The number of sulfonamides is 1. The van der Waals surface area contributed by atoms with Gasteiger partial charge in [0.2, 0.25) is 10.0 Å². The number of alkyl halides is 7. The van der Waals surface area contributed by atoms with E-state index in [4.69, 9.17) is 5.14 Å². The quantitative estimate of drug-likeness (QED) is 0.536. The minimum absolute atomic E-state index is 0.0493. The Morgan fingerprint density at radius 2 is 1.38 bits per heavy atom. The van der Waals surface area contributed by atoms with Gasteiger partial charge in [-0.1, -0.05) is 0 Å². The summed E-state index contributed by atoms with van der Waals surface area (Å²) < 4.78 is 130. The van der Waals surface area contributed by atoms with E-state index in [2.05, 4.69) is 5.10 Å². The summed E-state index contributed by atoms with van der Waals surface area (Å²) >= 11 is 0. The Morgan fingerprint density at radius 3 is 1.84 bits per heavy atom. The fourth-order valence-corrected chi connectivity index (χ4v) is 3.19. The molecule has 0 saturated heterocycles. The molecule has 172 valence electrons. The van der Waals surface area contributed by atoms with Crippen LogP contribution in [0.1, 0.15) is 5.69 Å². The van der Waals surface area contributed by atoms with Crippen LogP contribution in [0.2, 0.25) is 0 Å². The molecule has 1 heterocycles. The van der Waals surface area contributed by atoms with Crippen LogP contribution in [-0.4, -0.2) is 30.3 Å². The summed E-state index contributed by atoms with van der Waals surface area (Å²) in [5, 5.41) is 8.19. The third-order valence-electron chi connectivity index (χ3n) is 4.33. The smallest absolute Gasteiger partial charge is 0.233 e. The van der Waals surface area contributed by atoms with Crippen LogP contribution in [0.5, 0.6) is 0 Å². The van der Waals surface area contributed by atoms with E-state index in [1.54, 1.807) is 0 Å². The number of nitrogens with zero attached hydrogens (tertiary/aromatic N) is 2. The highest BCUT2D eigenvalue weighted by Crippen LogP contribution is 2.51. The van der Waals surface area contributed by atoms with Crippen molar-refractivity contribution < 1.29 is 43.5 Å². The summed E-state index contributed by atoms with van der Waals surface area (Å²) in [6.45, 7) is 0. The molecule has 2 aromatic carbocycles. The lowest BCUT2D eigenvalue weighted by atomic mass is 10.1. The molecule has 0 aliphatic heterocycles. The van der Waals surface area contributed by atoms with E-state index in [1.165, 1.54) is 0 Å². The Hall–Kier alpha value is -3.00. The van der Waals surface area contributed by atoms with Gasteiger partial charge in [-0.2, -0.15) is 35.8 Å². The van der Waals surface area contributed by atoms with Gasteiger partial charge in [-0.05, 0) is 54.6 Å². The largest absolute Gasteiger partial charge is 0.460 e. The molecule has 0 radical (unpaired) electrons. The first kappa shape index (κ1) is 23.7. The predicted octanol–water partition coefficient (Wildman–Crippen LogP) is 4.62. The van der Waals surface area contributed by atoms with Crippen molar-refractivity contribution in [1.82, 2.24) is 9.78 Å². The molecule has 3 rings (SSSR count). The summed E-state index contributed by atoms with van der Waals surface area (Å²) in [5.41, 5.74) is -2.52. The molecule has 14 heteroatoms. The molecule has 0 atom stereocenters. The maximum Gasteiger partial charge on any atom is 0.460 e. The van der Waals surface area contributed by atoms with Crippen LogP contribution >= 0.6 is 0 Å². The van der Waals surface area contributed by atoms with Crippen LogP contribution in [-0.2, 0) is 15.9 Å². The second-order valence-corrected chi connectivity index (χ2v) is 8.08. The Morgan fingerprint density at radius 1 is 0.844 bits per heavy atom. The molecule has 0 fully saturated rings. The zero-order chi connectivity index (χ0) is 24.1. The van der Waals surface area contributed by atoms with Crippen LogP contribution < -0.4 is 5.14 Å². The molecule has 0 amide bonds. The number of primary sulfonamides is 1. The van der Waals surface area contributed by atoms with E-state index >= 15 is 0 Å². The third kappa shape index (κ3) is 4.07. The maximum atomic E-state index is 14.2. The number of aromatic nitrogens is 2. The average molecular weight is 485 g/mol. The summed E-state index contributed by atoms with van der Waals surface area (Å²) in [7, 11) is -4.14. The topological polar surface area (TPSA) is 78.0 Å². The van der Waals surface area contributed by atoms with Crippen LogP contribution in [0.25, 0.3) is 16.9 Å². The molecule has 0 aliphatic rings. The van der Waals surface area contributed by atoms with Crippen molar-refractivity contribution in [2.75, 3.05) is 0 Å². The second-order valence-electron chi connectivity index (χ2n) is 6.52. The third-order valence-corrected chi connectivity index (χ3v) is 5.26. The molecule has 32 heavy (non-hydrogen) atoms. The summed E-state index contributed by atoms with van der Waals surface area (Å²) in [4.78, 5) is -0.383. The lowest BCUT2D eigenvalue weighted by Gasteiger charge is -2.26. The normalized spacial score (nSPS) is 13.4. The summed E-state index contributed by atoms with van der Waals surface area (Å²) in [6, 6.07) is 8.16. The average Bonchev–Trinajstić information content (AvgIpc) is 3.13. The van der Waals surface area contributed by atoms with Crippen molar-refractivity contribution >= 4 is 10.0 Å². The first-order valence-corrected chi connectivity index (χ1v) is 9.92. The van der Waals surface area contributed by atoms with Crippen LogP contribution in [0.4, 0.5) is 35.1 Å². The fourth-order valence-electron chi connectivity index (χ4n) is 2.67.